The third-order valence-corrected chi connectivity index (χ3v) is 5.21. The molecule has 3 aromatic carbocycles. The SMILES string of the molecule is Cc1cc(C)cc(C(=O)Nc2ccc3c(c2)N(C(=O)c2ccccc2)CCC3)c1. The third kappa shape index (κ3) is 4.06. The summed E-state index contributed by atoms with van der Waals surface area (Å²) in [5, 5.41) is 2.99. The van der Waals surface area contributed by atoms with Crippen molar-refractivity contribution >= 4 is 23.2 Å². The van der Waals surface area contributed by atoms with Crippen LogP contribution in [-0.2, 0) is 6.42 Å². The average Bonchev–Trinajstić information content (AvgIpc) is 2.72. The van der Waals surface area contributed by atoms with E-state index in [9.17, 15) is 9.59 Å². The van der Waals surface area contributed by atoms with Gasteiger partial charge in [-0.15, -0.1) is 0 Å². The number of benzene rings is 3. The molecule has 0 saturated carbocycles. The fourth-order valence-corrected chi connectivity index (χ4v) is 3.91. The lowest BCUT2D eigenvalue weighted by Gasteiger charge is -2.30. The molecule has 2 amide bonds. The molecule has 146 valence electrons. The monoisotopic (exact) mass is 384 g/mol. The molecule has 0 fully saturated rings. The zero-order chi connectivity index (χ0) is 20.4. The first kappa shape index (κ1) is 18.9. The summed E-state index contributed by atoms with van der Waals surface area (Å²) in [5.41, 5.74) is 6.12. The summed E-state index contributed by atoms with van der Waals surface area (Å²) >= 11 is 0. The van der Waals surface area contributed by atoms with Gasteiger partial charge in [0.05, 0.1) is 0 Å². The van der Waals surface area contributed by atoms with Gasteiger partial charge in [0.25, 0.3) is 11.8 Å². The van der Waals surface area contributed by atoms with Crippen molar-refractivity contribution in [3.63, 3.8) is 0 Å². The molecule has 0 bridgehead atoms. The summed E-state index contributed by atoms with van der Waals surface area (Å²) in [5.74, 6) is -0.155. The lowest BCUT2D eigenvalue weighted by atomic mass is 10.00. The van der Waals surface area contributed by atoms with Crippen LogP contribution in [0.5, 0.6) is 0 Å². The van der Waals surface area contributed by atoms with Crippen LogP contribution < -0.4 is 10.2 Å². The first-order valence-corrected chi connectivity index (χ1v) is 9.91. The van der Waals surface area contributed by atoms with Crippen molar-refractivity contribution in [2.75, 3.05) is 16.8 Å². The topological polar surface area (TPSA) is 49.4 Å². The van der Waals surface area contributed by atoms with E-state index in [1.807, 2.05) is 85.5 Å². The van der Waals surface area contributed by atoms with E-state index in [1.54, 1.807) is 0 Å². The first-order chi connectivity index (χ1) is 14.0. The molecule has 0 saturated heterocycles. The minimum absolute atomic E-state index is 0.00987. The predicted molar refractivity (Wildman–Crippen MR) is 117 cm³/mol. The fraction of sp³-hybridized carbons (Fsp3) is 0.200. The molecule has 1 aliphatic rings. The normalized spacial score (nSPS) is 13.0. The van der Waals surface area contributed by atoms with Gasteiger partial charge in [-0.1, -0.05) is 41.5 Å². The van der Waals surface area contributed by atoms with Crippen LogP contribution >= 0.6 is 0 Å². The average molecular weight is 384 g/mol. The Kier molecular flexibility index (Phi) is 5.17. The lowest BCUT2D eigenvalue weighted by Crippen LogP contribution is -2.35. The zero-order valence-corrected chi connectivity index (χ0v) is 16.7. The second-order valence-corrected chi connectivity index (χ2v) is 7.60. The number of anilines is 2. The highest BCUT2D eigenvalue weighted by molar-refractivity contribution is 6.08. The molecule has 1 heterocycles. The Morgan fingerprint density at radius 3 is 2.31 bits per heavy atom. The summed E-state index contributed by atoms with van der Waals surface area (Å²) in [6.07, 6.45) is 1.86. The molecule has 1 aliphatic heterocycles. The minimum atomic E-state index is -0.145. The summed E-state index contributed by atoms with van der Waals surface area (Å²) in [6.45, 7) is 4.64. The fourth-order valence-electron chi connectivity index (χ4n) is 3.91. The highest BCUT2D eigenvalue weighted by atomic mass is 16.2. The van der Waals surface area contributed by atoms with Gasteiger partial charge in [0, 0.05) is 29.0 Å². The highest BCUT2D eigenvalue weighted by Gasteiger charge is 2.24. The van der Waals surface area contributed by atoms with E-state index in [0.717, 1.165) is 35.2 Å². The molecule has 4 heteroatoms. The van der Waals surface area contributed by atoms with Crippen LogP contribution in [0.1, 0.15) is 43.8 Å². The first-order valence-electron chi connectivity index (χ1n) is 9.91. The van der Waals surface area contributed by atoms with Gasteiger partial charge >= 0.3 is 0 Å². The van der Waals surface area contributed by atoms with Crippen molar-refractivity contribution in [3.8, 4) is 0 Å². The van der Waals surface area contributed by atoms with E-state index in [2.05, 4.69) is 5.32 Å². The number of fused-ring (bicyclic) bond motifs is 1. The summed E-state index contributed by atoms with van der Waals surface area (Å²) < 4.78 is 0. The molecular weight excluding hydrogens is 360 g/mol. The Balaban J connectivity index is 1.61. The number of carbonyl (C=O) groups excluding carboxylic acids is 2. The number of hydrogen-bond donors (Lipinski definition) is 1. The molecule has 0 spiro atoms. The van der Waals surface area contributed by atoms with E-state index in [4.69, 9.17) is 0 Å². The van der Waals surface area contributed by atoms with Crippen LogP contribution in [0.3, 0.4) is 0 Å². The lowest BCUT2D eigenvalue weighted by molar-refractivity contribution is 0.0984. The van der Waals surface area contributed by atoms with Crippen molar-refractivity contribution in [1.82, 2.24) is 0 Å². The second kappa shape index (κ2) is 7.92. The van der Waals surface area contributed by atoms with Crippen molar-refractivity contribution in [3.05, 3.63) is 94.5 Å². The highest BCUT2D eigenvalue weighted by Crippen LogP contribution is 2.31. The van der Waals surface area contributed by atoms with Crippen LogP contribution in [0.25, 0.3) is 0 Å². The van der Waals surface area contributed by atoms with E-state index in [0.29, 0.717) is 23.4 Å². The largest absolute Gasteiger partial charge is 0.322 e. The molecule has 4 rings (SSSR count). The van der Waals surface area contributed by atoms with Crippen molar-refractivity contribution < 1.29 is 9.59 Å². The van der Waals surface area contributed by atoms with Crippen LogP contribution in [0.2, 0.25) is 0 Å². The van der Waals surface area contributed by atoms with Crippen LogP contribution in [0, 0.1) is 13.8 Å². The zero-order valence-electron chi connectivity index (χ0n) is 16.7. The van der Waals surface area contributed by atoms with Crippen molar-refractivity contribution in [2.24, 2.45) is 0 Å². The molecule has 0 aromatic heterocycles. The van der Waals surface area contributed by atoms with E-state index in [-0.39, 0.29) is 11.8 Å². The Labute approximate surface area is 171 Å². The summed E-state index contributed by atoms with van der Waals surface area (Å²) in [4.78, 5) is 27.6. The van der Waals surface area contributed by atoms with Gasteiger partial charge in [-0.3, -0.25) is 9.59 Å². The van der Waals surface area contributed by atoms with Crippen LogP contribution in [0.4, 0.5) is 11.4 Å². The molecule has 3 aromatic rings. The number of aryl methyl sites for hydroxylation is 3. The molecule has 0 radical (unpaired) electrons. The summed E-state index contributed by atoms with van der Waals surface area (Å²) in [7, 11) is 0. The number of carbonyl (C=O) groups is 2. The number of amides is 2. The number of nitrogens with one attached hydrogen (secondary N) is 1. The Hall–Kier alpha value is -3.40. The van der Waals surface area contributed by atoms with Gasteiger partial charge in [0.2, 0.25) is 0 Å². The van der Waals surface area contributed by atoms with Gasteiger partial charge in [-0.05, 0) is 68.7 Å². The smallest absolute Gasteiger partial charge is 0.258 e. The van der Waals surface area contributed by atoms with E-state index < -0.39 is 0 Å². The molecule has 29 heavy (non-hydrogen) atoms. The van der Waals surface area contributed by atoms with Crippen LogP contribution in [-0.4, -0.2) is 18.4 Å². The molecule has 4 nitrogen and oxygen atoms in total. The molecule has 1 N–H and O–H groups in total. The van der Waals surface area contributed by atoms with Crippen molar-refractivity contribution in [2.45, 2.75) is 26.7 Å². The predicted octanol–water partition coefficient (Wildman–Crippen LogP) is 5.15. The molecule has 0 aliphatic carbocycles. The maximum absolute atomic E-state index is 13.0. The molecule has 0 unspecified atom stereocenters. The van der Waals surface area contributed by atoms with E-state index >= 15 is 0 Å². The quantitative estimate of drug-likeness (QED) is 0.679. The number of hydrogen-bond acceptors (Lipinski definition) is 2. The third-order valence-electron chi connectivity index (χ3n) is 5.21. The second-order valence-electron chi connectivity index (χ2n) is 7.60. The summed E-state index contributed by atoms with van der Waals surface area (Å²) in [6, 6.07) is 21.0. The molecular formula is C25H24N2O2. The Morgan fingerprint density at radius 2 is 1.59 bits per heavy atom. The van der Waals surface area contributed by atoms with Gasteiger partial charge in [-0.2, -0.15) is 0 Å². The van der Waals surface area contributed by atoms with Crippen LogP contribution in [0.15, 0.2) is 66.7 Å². The maximum Gasteiger partial charge on any atom is 0.258 e. The van der Waals surface area contributed by atoms with Gasteiger partial charge in [-0.25, -0.2) is 0 Å². The van der Waals surface area contributed by atoms with Gasteiger partial charge in [0.15, 0.2) is 0 Å². The van der Waals surface area contributed by atoms with Crippen molar-refractivity contribution in [1.29, 1.82) is 0 Å². The van der Waals surface area contributed by atoms with Gasteiger partial charge < -0.3 is 10.2 Å². The number of nitrogens with zero attached hydrogens (tertiary/aromatic N) is 1. The molecule has 0 atom stereocenters. The number of rotatable bonds is 3. The van der Waals surface area contributed by atoms with E-state index in [1.165, 1.54) is 0 Å². The Morgan fingerprint density at radius 1 is 0.862 bits per heavy atom. The minimum Gasteiger partial charge on any atom is -0.322 e. The maximum atomic E-state index is 13.0. The standard InChI is InChI=1S/C25H24N2O2/c1-17-13-18(2)15-21(14-17)24(28)26-22-11-10-19-9-6-12-27(23(19)16-22)25(29)20-7-4-3-5-8-20/h3-5,7-8,10-11,13-16H,6,9,12H2,1-2H3,(H,26,28). The Bertz CT molecular complexity index is 1050. The van der Waals surface area contributed by atoms with Gasteiger partial charge in [0.1, 0.15) is 0 Å².